The Kier molecular flexibility index (Phi) is 2.60. The normalized spacial score (nSPS) is 9.83. The lowest BCUT2D eigenvalue weighted by Gasteiger charge is -1.96. The molecule has 0 saturated carbocycles. The summed E-state index contributed by atoms with van der Waals surface area (Å²) in [4.78, 5) is 9.63. The van der Waals surface area contributed by atoms with Crippen molar-refractivity contribution in [2.45, 2.75) is 5.88 Å². The van der Waals surface area contributed by atoms with E-state index in [1.807, 2.05) is 0 Å². The molecule has 3 nitrogen and oxygen atoms in total. The number of benzene rings is 1. The summed E-state index contributed by atoms with van der Waals surface area (Å²) in [5.74, 6) is -0.580. The number of hydrogen-bond acceptors (Lipinski definition) is 2. The summed E-state index contributed by atoms with van der Waals surface area (Å²) >= 11 is 5.35. The lowest BCUT2D eigenvalue weighted by Crippen LogP contribution is -1.91. The Balaban J connectivity index is 3.13. The molecule has 12 heavy (non-hydrogen) atoms. The molecule has 5 heteroatoms. The standard InChI is InChI=1S/C7H5ClFNO2/c8-4-5-3-6(10(11)12)1-2-7(5)9/h1-3H,4H2. The van der Waals surface area contributed by atoms with Crippen LogP contribution in [-0.4, -0.2) is 4.92 Å². The Bertz CT molecular complexity index is 316. The molecule has 0 N–H and O–H groups in total. The van der Waals surface area contributed by atoms with Crippen LogP contribution < -0.4 is 0 Å². The van der Waals surface area contributed by atoms with Crippen molar-refractivity contribution < 1.29 is 9.31 Å². The summed E-state index contributed by atoms with van der Waals surface area (Å²) in [5.41, 5.74) is -0.00193. The first-order valence-electron chi connectivity index (χ1n) is 3.14. The molecule has 0 aliphatic rings. The van der Waals surface area contributed by atoms with E-state index >= 15 is 0 Å². The average Bonchev–Trinajstić information content (AvgIpc) is 2.05. The highest BCUT2D eigenvalue weighted by molar-refractivity contribution is 6.17. The zero-order valence-electron chi connectivity index (χ0n) is 5.96. The molecule has 0 bridgehead atoms. The molecule has 0 fully saturated rings. The number of halogens is 2. The number of nitrogens with zero attached hydrogens (tertiary/aromatic N) is 1. The molecule has 0 amide bonds. The maximum absolute atomic E-state index is 12.7. The van der Waals surface area contributed by atoms with E-state index < -0.39 is 10.7 Å². The highest BCUT2D eigenvalue weighted by Crippen LogP contribution is 2.17. The van der Waals surface area contributed by atoms with Gasteiger partial charge in [-0.3, -0.25) is 10.1 Å². The van der Waals surface area contributed by atoms with Gasteiger partial charge in [-0.25, -0.2) is 4.39 Å². The second kappa shape index (κ2) is 3.49. The van der Waals surface area contributed by atoms with Gasteiger partial charge in [0.25, 0.3) is 5.69 Å². The largest absolute Gasteiger partial charge is 0.269 e. The molecule has 64 valence electrons. The monoisotopic (exact) mass is 189 g/mol. The van der Waals surface area contributed by atoms with E-state index in [1.165, 1.54) is 0 Å². The van der Waals surface area contributed by atoms with E-state index in [0.717, 1.165) is 18.2 Å². The van der Waals surface area contributed by atoms with Gasteiger partial charge in [-0.05, 0) is 6.07 Å². The lowest BCUT2D eigenvalue weighted by molar-refractivity contribution is -0.385. The predicted molar refractivity (Wildman–Crippen MR) is 42.6 cm³/mol. The van der Waals surface area contributed by atoms with Gasteiger partial charge in [-0.15, -0.1) is 11.6 Å². The smallest absolute Gasteiger partial charge is 0.258 e. The second-order valence-electron chi connectivity index (χ2n) is 2.17. The maximum atomic E-state index is 12.7. The lowest BCUT2D eigenvalue weighted by atomic mass is 10.2. The van der Waals surface area contributed by atoms with E-state index in [1.54, 1.807) is 0 Å². The summed E-state index contributed by atoms with van der Waals surface area (Å²) in [7, 11) is 0. The number of alkyl halides is 1. The SMILES string of the molecule is O=[N+]([O-])c1ccc(F)c(CCl)c1. The van der Waals surface area contributed by atoms with E-state index in [-0.39, 0.29) is 17.1 Å². The van der Waals surface area contributed by atoms with Crippen LogP contribution in [0.5, 0.6) is 0 Å². The molecule has 0 aromatic heterocycles. The third-order valence-electron chi connectivity index (χ3n) is 1.38. The number of rotatable bonds is 2. The topological polar surface area (TPSA) is 43.1 Å². The quantitative estimate of drug-likeness (QED) is 0.408. The van der Waals surface area contributed by atoms with Gasteiger partial charge in [0, 0.05) is 17.7 Å². The van der Waals surface area contributed by atoms with Crippen molar-refractivity contribution in [2.75, 3.05) is 0 Å². The van der Waals surface area contributed by atoms with Crippen LogP contribution >= 0.6 is 11.6 Å². The molecule has 0 aliphatic carbocycles. The Morgan fingerprint density at radius 1 is 1.58 bits per heavy atom. The zero-order chi connectivity index (χ0) is 9.14. The van der Waals surface area contributed by atoms with Crippen molar-refractivity contribution in [3.8, 4) is 0 Å². The molecule has 0 radical (unpaired) electrons. The first-order chi connectivity index (χ1) is 5.65. The maximum Gasteiger partial charge on any atom is 0.269 e. The summed E-state index contributed by atoms with van der Waals surface area (Å²) in [6.07, 6.45) is 0. The van der Waals surface area contributed by atoms with Gasteiger partial charge in [0.15, 0.2) is 0 Å². The van der Waals surface area contributed by atoms with Crippen LogP contribution in [0.2, 0.25) is 0 Å². The van der Waals surface area contributed by atoms with Crippen molar-refractivity contribution in [3.63, 3.8) is 0 Å². The van der Waals surface area contributed by atoms with Crippen LogP contribution in [-0.2, 0) is 5.88 Å². The minimum absolute atomic E-state index is 0.0620. The van der Waals surface area contributed by atoms with Gasteiger partial charge < -0.3 is 0 Å². The summed E-state index contributed by atoms with van der Waals surface area (Å²) < 4.78 is 12.7. The van der Waals surface area contributed by atoms with Crippen molar-refractivity contribution in [1.82, 2.24) is 0 Å². The predicted octanol–water partition coefficient (Wildman–Crippen LogP) is 2.47. The molecule has 0 saturated heterocycles. The number of nitro benzene ring substituents is 1. The minimum Gasteiger partial charge on any atom is -0.258 e. The van der Waals surface area contributed by atoms with Crippen LogP contribution in [0.1, 0.15) is 5.56 Å². The van der Waals surface area contributed by atoms with Gasteiger partial charge in [0.1, 0.15) is 5.82 Å². The van der Waals surface area contributed by atoms with Gasteiger partial charge in [0.2, 0.25) is 0 Å². The molecule has 1 aromatic rings. The first kappa shape index (κ1) is 8.93. The van der Waals surface area contributed by atoms with Crippen LogP contribution in [0.3, 0.4) is 0 Å². The summed E-state index contributed by atoms with van der Waals surface area (Å²) in [6.45, 7) is 0. The third-order valence-corrected chi connectivity index (χ3v) is 1.67. The molecular weight excluding hydrogens is 185 g/mol. The first-order valence-corrected chi connectivity index (χ1v) is 3.67. The molecule has 0 heterocycles. The average molecular weight is 190 g/mol. The molecule has 0 spiro atoms. The fourth-order valence-electron chi connectivity index (χ4n) is 0.777. The summed E-state index contributed by atoms with van der Waals surface area (Å²) in [5, 5.41) is 10.2. The van der Waals surface area contributed by atoms with Gasteiger partial charge >= 0.3 is 0 Å². The minimum atomic E-state index is -0.588. The highest BCUT2D eigenvalue weighted by Gasteiger charge is 2.09. The third kappa shape index (κ3) is 1.71. The van der Waals surface area contributed by atoms with Crippen LogP contribution in [0.15, 0.2) is 18.2 Å². The van der Waals surface area contributed by atoms with E-state index in [9.17, 15) is 14.5 Å². The molecule has 1 rings (SSSR count). The Hall–Kier alpha value is -1.16. The van der Waals surface area contributed by atoms with Crippen LogP contribution in [0.25, 0.3) is 0 Å². The molecule has 0 aliphatic heterocycles. The van der Waals surface area contributed by atoms with Crippen molar-refractivity contribution in [3.05, 3.63) is 39.7 Å². The number of non-ortho nitro benzene ring substituents is 1. The Morgan fingerprint density at radius 3 is 2.75 bits per heavy atom. The number of nitro groups is 1. The van der Waals surface area contributed by atoms with E-state index in [0.29, 0.717) is 0 Å². The van der Waals surface area contributed by atoms with Gasteiger partial charge in [0.05, 0.1) is 10.8 Å². The van der Waals surface area contributed by atoms with Crippen molar-refractivity contribution in [2.24, 2.45) is 0 Å². The Labute approximate surface area is 72.9 Å². The van der Waals surface area contributed by atoms with E-state index in [4.69, 9.17) is 11.6 Å². The number of hydrogen-bond donors (Lipinski definition) is 0. The van der Waals surface area contributed by atoms with E-state index in [2.05, 4.69) is 0 Å². The van der Waals surface area contributed by atoms with Crippen LogP contribution in [0, 0.1) is 15.9 Å². The van der Waals surface area contributed by atoms with Crippen molar-refractivity contribution >= 4 is 17.3 Å². The van der Waals surface area contributed by atoms with Crippen molar-refractivity contribution in [1.29, 1.82) is 0 Å². The molecule has 1 aromatic carbocycles. The fraction of sp³-hybridized carbons (Fsp3) is 0.143. The van der Waals surface area contributed by atoms with Gasteiger partial charge in [-0.2, -0.15) is 0 Å². The molecule has 0 atom stereocenters. The second-order valence-corrected chi connectivity index (χ2v) is 2.43. The fourth-order valence-corrected chi connectivity index (χ4v) is 0.982. The van der Waals surface area contributed by atoms with Crippen LogP contribution in [0.4, 0.5) is 10.1 Å². The highest BCUT2D eigenvalue weighted by atomic mass is 35.5. The molecular formula is C7H5ClFNO2. The molecule has 0 unspecified atom stereocenters. The summed E-state index contributed by atoms with van der Waals surface area (Å²) in [6, 6.07) is 3.27. The Morgan fingerprint density at radius 2 is 2.25 bits per heavy atom. The van der Waals surface area contributed by atoms with Gasteiger partial charge in [-0.1, -0.05) is 0 Å². The zero-order valence-corrected chi connectivity index (χ0v) is 6.71.